The van der Waals surface area contributed by atoms with E-state index in [0.29, 0.717) is 23.7 Å². The van der Waals surface area contributed by atoms with Gasteiger partial charge >= 0.3 is 0 Å². The molecule has 0 saturated heterocycles. The highest BCUT2D eigenvalue weighted by molar-refractivity contribution is 5.47. The number of hydrogen-bond donors (Lipinski definition) is 0. The van der Waals surface area contributed by atoms with Gasteiger partial charge in [0.2, 0.25) is 0 Å². The van der Waals surface area contributed by atoms with Gasteiger partial charge in [-0.1, -0.05) is 0 Å². The molecule has 16 heavy (non-hydrogen) atoms. The summed E-state index contributed by atoms with van der Waals surface area (Å²) >= 11 is 0. The average Bonchev–Trinajstić information content (AvgIpc) is 2.31. The molecule has 0 aliphatic rings. The molecule has 0 spiro atoms. The highest BCUT2D eigenvalue weighted by Gasteiger charge is 2.09. The van der Waals surface area contributed by atoms with Crippen LogP contribution in [0.15, 0.2) is 18.2 Å². The first-order valence-corrected chi connectivity index (χ1v) is 4.94. The normalized spacial score (nSPS) is 11.0. The second-order valence-corrected chi connectivity index (χ2v) is 3.10. The van der Waals surface area contributed by atoms with Crippen LogP contribution in [0.5, 0.6) is 11.5 Å². The summed E-state index contributed by atoms with van der Waals surface area (Å²) in [5.74, 6) is 0.971. The number of nitriles is 2. The Morgan fingerprint density at radius 2 is 2.06 bits per heavy atom. The minimum Gasteiger partial charge on any atom is -0.490 e. The Morgan fingerprint density at radius 1 is 1.31 bits per heavy atom. The highest BCUT2D eigenvalue weighted by atomic mass is 16.5. The largest absolute Gasteiger partial charge is 0.490 e. The first-order chi connectivity index (χ1) is 7.71. The van der Waals surface area contributed by atoms with Gasteiger partial charge in [-0.15, -0.1) is 0 Å². The fourth-order valence-corrected chi connectivity index (χ4v) is 1.16. The van der Waals surface area contributed by atoms with Gasteiger partial charge in [-0.2, -0.15) is 10.5 Å². The molecular weight excluding hydrogens is 204 g/mol. The lowest BCUT2D eigenvalue weighted by molar-refractivity contribution is 0.250. The Balaban J connectivity index is 3.00. The van der Waals surface area contributed by atoms with Gasteiger partial charge in [0.05, 0.1) is 18.2 Å². The maximum absolute atomic E-state index is 8.75. The molecule has 1 aromatic rings. The van der Waals surface area contributed by atoms with Crippen molar-refractivity contribution in [2.45, 2.75) is 20.0 Å². The van der Waals surface area contributed by atoms with Gasteiger partial charge in [-0.05, 0) is 26.0 Å². The summed E-state index contributed by atoms with van der Waals surface area (Å²) in [5, 5.41) is 17.4. The standard InChI is InChI=1S/C12H12N2O2/c1-3-15-12-6-10(8-14)4-5-11(12)16-9(2)7-13/h4-6,9H,3H2,1-2H3/t9-/m1/s1. The van der Waals surface area contributed by atoms with E-state index in [2.05, 4.69) is 0 Å². The second kappa shape index (κ2) is 5.63. The van der Waals surface area contributed by atoms with Crippen LogP contribution in [0.3, 0.4) is 0 Å². The van der Waals surface area contributed by atoms with Crippen LogP contribution in [0, 0.1) is 22.7 Å². The topological polar surface area (TPSA) is 66.0 Å². The van der Waals surface area contributed by atoms with Crippen molar-refractivity contribution in [3.8, 4) is 23.6 Å². The van der Waals surface area contributed by atoms with Gasteiger partial charge < -0.3 is 9.47 Å². The summed E-state index contributed by atoms with van der Waals surface area (Å²) in [6.07, 6.45) is -0.549. The van der Waals surface area contributed by atoms with Crippen LogP contribution in [0.25, 0.3) is 0 Å². The number of ether oxygens (including phenoxy) is 2. The van der Waals surface area contributed by atoms with E-state index >= 15 is 0 Å². The molecule has 0 saturated carbocycles. The fourth-order valence-electron chi connectivity index (χ4n) is 1.16. The maximum atomic E-state index is 8.75. The Bertz CT molecular complexity index is 443. The third-order valence-corrected chi connectivity index (χ3v) is 1.86. The van der Waals surface area contributed by atoms with Gasteiger partial charge in [0, 0.05) is 6.07 Å². The molecule has 0 bridgehead atoms. The predicted octanol–water partition coefficient (Wildman–Crippen LogP) is 2.25. The molecule has 0 fully saturated rings. The van der Waals surface area contributed by atoms with Crippen LogP contribution in [0.4, 0.5) is 0 Å². The van der Waals surface area contributed by atoms with Crippen LogP contribution < -0.4 is 9.47 Å². The number of hydrogen-bond acceptors (Lipinski definition) is 4. The number of rotatable bonds is 4. The summed E-state index contributed by atoms with van der Waals surface area (Å²) in [4.78, 5) is 0. The van der Waals surface area contributed by atoms with E-state index in [1.165, 1.54) is 0 Å². The molecule has 0 amide bonds. The summed E-state index contributed by atoms with van der Waals surface area (Å²) in [6, 6.07) is 8.85. The molecule has 0 aliphatic carbocycles. The zero-order valence-corrected chi connectivity index (χ0v) is 9.23. The molecule has 1 atom stereocenters. The monoisotopic (exact) mass is 216 g/mol. The smallest absolute Gasteiger partial charge is 0.181 e. The molecule has 0 N–H and O–H groups in total. The van der Waals surface area contributed by atoms with Gasteiger partial charge in [0.15, 0.2) is 17.6 Å². The average molecular weight is 216 g/mol. The lowest BCUT2D eigenvalue weighted by Crippen LogP contribution is -2.09. The first-order valence-electron chi connectivity index (χ1n) is 4.94. The van der Waals surface area contributed by atoms with Crippen LogP contribution in [-0.2, 0) is 0 Å². The van der Waals surface area contributed by atoms with Crippen LogP contribution in [-0.4, -0.2) is 12.7 Å². The third kappa shape index (κ3) is 2.90. The molecule has 1 rings (SSSR count). The fraction of sp³-hybridized carbons (Fsp3) is 0.333. The highest BCUT2D eigenvalue weighted by Crippen LogP contribution is 2.29. The van der Waals surface area contributed by atoms with E-state index in [4.69, 9.17) is 20.0 Å². The molecule has 0 aliphatic heterocycles. The van der Waals surface area contributed by atoms with Gasteiger partial charge in [0.25, 0.3) is 0 Å². The van der Waals surface area contributed by atoms with Gasteiger partial charge in [0.1, 0.15) is 6.07 Å². The van der Waals surface area contributed by atoms with Crippen LogP contribution in [0.1, 0.15) is 19.4 Å². The van der Waals surface area contributed by atoms with Crippen LogP contribution >= 0.6 is 0 Å². The number of nitrogens with zero attached hydrogens (tertiary/aromatic N) is 2. The van der Waals surface area contributed by atoms with Crippen molar-refractivity contribution in [1.29, 1.82) is 10.5 Å². The van der Waals surface area contributed by atoms with Crippen molar-refractivity contribution >= 4 is 0 Å². The maximum Gasteiger partial charge on any atom is 0.181 e. The Labute approximate surface area is 94.6 Å². The summed E-state index contributed by atoms with van der Waals surface area (Å²) in [7, 11) is 0. The molecule has 0 radical (unpaired) electrons. The van der Waals surface area contributed by atoms with Crippen molar-refractivity contribution in [2.75, 3.05) is 6.61 Å². The molecule has 0 unspecified atom stereocenters. The Morgan fingerprint density at radius 3 is 2.62 bits per heavy atom. The van der Waals surface area contributed by atoms with E-state index in [-0.39, 0.29) is 0 Å². The molecule has 0 aromatic heterocycles. The Kier molecular flexibility index (Phi) is 4.17. The van der Waals surface area contributed by atoms with E-state index in [1.54, 1.807) is 25.1 Å². The van der Waals surface area contributed by atoms with Crippen molar-refractivity contribution in [3.05, 3.63) is 23.8 Å². The minimum atomic E-state index is -0.549. The lowest BCUT2D eigenvalue weighted by Gasteiger charge is -2.12. The lowest BCUT2D eigenvalue weighted by atomic mass is 10.2. The summed E-state index contributed by atoms with van der Waals surface area (Å²) in [6.45, 7) is 3.97. The minimum absolute atomic E-state index is 0.478. The van der Waals surface area contributed by atoms with Crippen molar-refractivity contribution in [2.24, 2.45) is 0 Å². The van der Waals surface area contributed by atoms with Crippen LogP contribution in [0.2, 0.25) is 0 Å². The van der Waals surface area contributed by atoms with E-state index in [9.17, 15) is 0 Å². The molecule has 4 heteroatoms. The van der Waals surface area contributed by atoms with Gasteiger partial charge in [-0.3, -0.25) is 0 Å². The summed E-state index contributed by atoms with van der Waals surface area (Å²) < 4.78 is 10.7. The molecule has 4 nitrogen and oxygen atoms in total. The SMILES string of the molecule is CCOc1cc(C#N)ccc1O[C@H](C)C#N. The van der Waals surface area contributed by atoms with Gasteiger partial charge in [-0.25, -0.2) is 0 Å². The summed E-state index contributed by atoms with van der Waals surface area (Å²) in [5.41, 5.74) is 0.500. The first kappa shape index (κ1) is 11.9. The molecular formula is C12H12N2O2. The van der Waals surface area contributed by atoms with E-state index in [1.807, 2.05) is 19.1 Å². The molecule has 1 aromatic carbocycles. The zero-order chi connectivity index (χ0) is 12.0. The predicted molar refractivity (Wildman–Crippen MR) is 58.0 cm³/mol. The second-order valence-electron chi connectivity index (χ2n) is 3.10. The molecule has 0 heterocycles. The third-order valence-electron chi connectivity index (χ3n) is 1.86. The molecule has 82 valence electrons. The van der Waals surface area contributed by atoms with Crippen molar-refractivity contribution < 1.29 is 9.47 Å². The number of benzene rings is 1. The van der Waals surface area contributed by atoms with E-state index < -0.39 is 6.10 Å². The van der Waals surface area contributed by atoms with Crippen molar-refractivity contribution in [3.63, 3.8) is 0 Å². The Hall–Kier alpha value is -2.20. The quantitative estimate of drug-likeness (QED) is 0.774. The zero-order valence-electron chi connectivity index (χ0n) is 9.23. The van der Waals surface area contributed by atoms with E-state index in [0.717, 1.165) is 0 Å². The van der Waals surface area contributed by atoms with Crippen molar-refractivity contribution in [1.82, 2.24) is 0 Å².